The molecule has 0 saturated carbocycles. The van der Waals surface area contributed by atoms with Crippen molar-refractivity contribution >= 4 is 11.0 Å². The van der Waals surface area contributed by atoms with Crippen LogP contribution < -0.4 is 24.4 Å². The molecular formula is C35H38O18. The Balaban J connectivity index is 1.37. The fourth-order valence-corrected chi connectivity index (χ4v) is 6.09. The fourth-order valence-electron chi connectivity index (χ4n) is 6.09. The van der Waals surface area contributed by atoms with Crippen LogP contribution in [0.5, 0.6) is 46.0 Å². The van der Waals surface area contributed by atoms with Crippen molar-refractivity contribution in [2.45, 2.75) is 68.3 Å². The fraction of sp³-hybridized carbons (Fsp3) is 0.400. The van der Waals surface area contributed by atoms with Crippen LogP contribution >= 0.6 is 0 Å². The van der Waals surface area contributed by atoms with Gasteiger partial charge in [0.1, 0.15) is 64.5 Å². The van der Waals surface area contributed by atoms with Crippen LogP contribution in [0.2, 0.25) is 0 Å². The molecule has 9 N–H and O–H groups in total. The number of benzene rings is 3. The van der Waals surface area contributed by atoms with Crippen molar-refractivity contribution in [2.75, 3.05) is 20.8 Å². The Morgan fingerprint density at radius 2 is 1.40 bits per heavy atom. The summed E-state index contributed by atoms with van der Waals surface area (Å²) < 4.78 is 45.7. The normalized spacial score (nSPS) is 28.8. The predicted molar refractivity (Wildman–Crippen MR) is 178 cm³/mol. The molecule has 286 valence electrons. The summed E-state index contributed by atoms with van der Waals surface area (Å²) in [5.74, 6) is -2.53. The standard InChI is InChI=1S/C35H38O18/c1-13-24(40)31(49-17-10-20(46-2)25(41)21(11-17)47-3)29(45)34(48-13)53-33-28(44)26(42)22(12-36)51-35(33)52-32-27(43)23-18(39)8-16(38)9-19(23)50-30(32)14-4-6-15(37)7-5-14/h4-11,13,22,24,26,28-29,31,33-42,44-45H,12H2,1-3H3/t13-,22+,24-,26-,28-,29+,31+,33+,34-,35-/m0/s1. The Labute approximate surface area is 299 Å². The molecule has 2 aliphatic rings. The van der Waals surface area contributed by atoms with E-state index in [1.165, 1.54) is 57.5 Å². The van der Waals surface area contributed by atoms with E-state index in [0.717, 1.165) is 12.1 Å². The van der Waals surface area contributed by atoms with Crippen LogP contribution in [0.3, 0.4) is 0 Å². The number of ether oxygens (including phenoxy) is 7. The highest BCUT2D eigenvalue weighted by molar-refractivity contribution is 5.88. The van der Waals surface area contributed by atoms with Crippen molar-refractivity contribution in [3.05, 3.63) is 58.8 Å². The van der Waals surface area contributed by atoms with Crippen molar-refractivity contribution in [2.24, 2.45) is 0 Å². The molecular weight excluding hydrogens is 708 g/mol. The minimum absolute atomic E-state index is 0.00253. The number of fused-ring (bicyclic) bond motifs is 1. The van der Waals surface area contributed by atoms with Gasteiger partial charge in [-0.1, -0.05) is 0 Å². The largest absolute Gasteiger partial charge is 0.508 e. The van der Waals surface area contributed by atoms with Gasteiger partial charge in [-0.25, -0.2) is 0 Å². The number of rotatable bonds is 10. The molecule has 0 bridgehead atoms. The lowest BCUT2D eigenvalue weighted by molar-refractivity contribution is -0.353. The number of phenols is 4. The first-order valence-electron chi connectivity index (χ1n) is 16.2. The Kier molecular flexibility index (Phi) is 10.8. The van der Waals surface area contributed by atoms with Gasteiger partial charge in [0.15, 0.2) is 35.8 Å². The zero-order chi connectivity index (χ0) is 38.3. The third kappa shape index (κ3) is 7.18. The molecule has 18 heteroatoms. The maximum atomic E-state index is 14.0. The molecule has 10 atom stereocenters. The van der Waals surface area contributed by atoms with Crippen molar-refractivity contribution in [3.63, 3.8) is 0 Å². The van der Waals surface area contributed by atoms with E-state index in [-0.39, 0.29) is 45.7 Å². The number of aliphatic hydroxyl groups excluding tert-OH is 5. The maximum Gasteiger partial charge on any atom is 0.239 e. The molecule has 0 unspecified atom stereocenters. The quantitative estimate of drug-likeness (QED) is 0.106. The average molecular weight is 747 g/mol. The number of hydrogen-bond donors (Lipinski definition) is 9. The summed E-state index contributed by atoms with van der Waals surface area (Å²) in [6, 6.07) is 9.85. The molecule has 53 heavy (non-hydrogen) atoms. The summed E-state index contributed by atoms with van der Waals surface area (Å²) in [5.41, 5.74) is -1.05. The van der Waals surface area contributed by atoms with Crippen molar-refractivity contribution in [1.82, 2.24) is 0 Å². The summed E-state index contributed by atoms with van der Waals surface area (Å²) in [6.07, 6.45) is -16.5. The second-order valence-electron chi connectivity index (χ2n) is 12.3. The third-order valence-electron chi connectivity index (χ3n) is 8.90. The van der Waals surface area contributed by atoms with Gasteiger partial charge < -0.3 is 83.5 Å². The predicted octanol–water partition coefficient (Wildman–Crippen LogP) is 0.417. The molecule has 18 nitrogen and oxygen atoms in total. The lowest BCUT2D eigenvalue weighted by Gasteiger charge is -2.46. The molecule has 0 spiro atoms. The molecule has 2 saturated heterocycles. The van der Waals surface area contributed by atoms with E-state index in [0.29, 0.717) is 0 Å². The van der Waals surface area contributed by atoms with Gasteiger partial charge in [0.05, 0.1) is 26.9 Å². The molecule has 1 aromatic heterocycles. The number of phenolic OH excluding ortho intramolecular Hbond substituents is 4. The molecule has 0 amide bonds. The molecule has 2 aliphatic heterocycles. The summed E-state index contributed by atoms with van der Waals surface area (Å²) in [6.45, 7) is 0.609. The lowest BCUT2D eigenvalue weighted by atomic mass is 9.97. The average Bonchev–Trinajstić information content (AvgIpc) is 3.13. The molecule has 3 aromatic carbocycles. The molecule has 0 aliphatic carbocycles. The van der Waals surface area contributed by atoms with E-state index in [9.17, 15) is 50.8 Å². The van der Waals surface area contributed by atoms with Gasteiger partial charge in [-0.2, -0.15) is 0 Å². The van der Waals surface area contributed by atoms with Gasteiger partial charge in [-0.15, -0.1) is 0 Å². The lowest BCUT2D eigenvalue weighted by Crippen LogP contribution is -2.65. The van der Waals surface area contributed by atoms with Crippen molar-refractivity contribution in [1.29, 1.82) is 0 Å². The number of methoxy groups -OCH3 is 2. The monoisotopic (exact) mass is 746 g/mol. The topological polar surface area (TPSA) is 277 Å². The van der Waals surface area contributed by atoms with E-state index in [4.69, 9.17) is 37.6 Å². The van der Waals surface area contributed by atoms with Gasteiger partial charge in [0.25, 0.3) is 0 Å². The minimum atomic E-state index is -1.93. The number of hydrogen-bond acceptors (Lipinski definition) is 18. The first-order valence-corrected chi connectivity index (χ1v) is 16.2. The number of aromatic hydroxyl groups is 4. The summed E-state index contributed by atoms with van der Waals surface area (Å²) in [5, 5.41) is 94.9. The minimum Gasteiger partial charge on any atom is -0.508 e. The maximum absolute atomic E-state index is 14.0. The van der Waals surface area contributed by atoms with E-state index in [2.05, 4.69) is 0 Å². The van der Waals surface area contributed by atoms with Gasteiger partial charge in [0, 0.05) is 29.8 Å². The van der Waals surface area contributed by atoms with Gasteiger partial charge >= 0.3 is 0 Å². The smallest absolute Gasteiger partial charge is 0.239 e. The molecule has 2 fully saturated rings. The van der Waals surface area contributed by atoms with Crippen LogP contribution in [-0.2, 0) is 14.2 Å². The Morgan fingerprint density at radius 1 is 0.736 bits per heavy atom. The highest BCUT2D eigenvalue weighted by Crippen LogP contribution is 2.42. The zero-order valence-electron chi connectivity index (χ0n) is 28.3. The van der Waals surface area contributed by atoms with Crippen molar-refractivity contribution < 1.29 is 83.5 Å². The summed E-state index contributed by atoms with van der Waals surface area (Å²) in [7, 11) is 2.58. The Morgan fingerprint density at radius 3 is 2.02 bits per heavy atom. The van der Waals surface area contributed by atoms with E-state index < -0.39 is 96.1 Å². The SMILES string of the molecule is COc1cc(O[C@@H]2[C@@H](O)[C@H](C)O[C@@H](O[C@H]3[C@H](Oc4c(-c5ccc(O)cc5)oc5cc(O)cc(O)c5c4=O)O[C@H](CO)[C@H](O)[C@@H]3O)[C@@H]2O)cc(OC)c1O. The molecule has 3 heterocycles. The Bertz CT molecular complexity index is 1960. The van der Waals surface area contributed by atoms with Crippen LogP contribution in [0.4, 0.5) is 0 Å². The van der Waals surface area contributed by atoms with Crippen LogP contribution in [0, 0.1) is 0 Å². The third-order valence-corrected chi connectivity index (χ3v) is 8.90. The first-order chi connectivity index (χ1) is 25.3. The van der Waals surface area contributed by atoms with E-state index in [1.807, 2.05) is 0 Å². The zero-order valence-corrected chi connectivity index (χ0v) is 28.3. The second kappa shape index (κ2) is 15.1. The molecule has 4 aromatic rings. The summed E-state index contributed by atoms with van der Waals surface area (Å²) in [4.78, 5) is 14.0. The van der Waals surface area contributed by atoms with Gasteiger partial charge in [-0.05, 0) is 31.2 Å². The highest BCUT2D eigenvalue weighted by Gasteiger charge is 2.52. The van der Waals surface area contributed by atoms with Crippen molar-refractivity contribution in [3.8, 4) is 57.3 Å². The van der Waals surface area contributed by atoms with Crippen LogP contribution in [0.15, 0.2) is 57.7 Å². The van der Waals surface area contributed by atoms with E-state index >= 15 is 0 Å². The Hall–Kier alpha value is -5.05. The first kappa shape index (κ1) is 37.7. The summed E-state index contributed by atoms with van der Waals surface area (Å²) >= 11 is 0. The van der Waals surface area contributed by atoms with Crippen LogP contribution in [0.25, 0.3) is 22.3 Å². The highest BCUT2D eigenvalue weighted by atomic mass is 16.8. The van der Waals surface area contributed by atoms with Gasteiger partial charge in [0.2, 0.25) is 23.2 Å². The van der Waals surface area contributed by atoms with E-state index in [1.54, 1.807) is 0 Å². The van der Waals surface area contributed by atoms with Crippen LogP contribution in [-0.4, -0.2) is 128 Å². The second-order valence-corrected chi connectivity index (χ2v) is 12.3. The molecule has 6 rings (SSSR count). The molecule has 0 radical (unpaired) electrons. The van der Waals surface area contributed by atoms with Crippen LogP contribution in [0.1, 0.15) is 6.92 Å². The van der Waals surface area contributed by atoms with Gasteiger partial charge in [-0.3, -0.25) is 4.79 Å². The number of aliphatic hydroxyl groups is 5.